The largest absolute Gasteiger partial charge is 0.368 e. The van der Waals surface area contributed by atoms with Gasteiger partial charge in [0.05, 0.1) is 6.04 Å². The van der Waals surface area contributed by atoms with E-state index in [4.69, 9.17) is 5.73 Å². The zero-order valence-corrected chi connectivity index (χ0v) is 13.0. The molecule has 1 fully saturated rings. The summed E-state index contributed by atoms with van der Waals surface area (Å²) in [6, 6.07) is 5.99. The van der Waals surface area contributed by atoms with E-state index < -0.39 is 6.04 Å². The number of rotatable bonds is 2. The van der Waals surface area contributed by atoms with Crippen molar-refractivity contribution in [3.63, 3.8) is 0 Å². The van der Waals surface area contributed by atoms with E-state index in [1.54, 1.807) is 12.1 Å². The van der Waals surface area contributed by atoms with Crippen LogP contribution in [0.3, 0.4) is 0 Å². The standard InChI is InChI=1S/C16H24FN3O/c1-16(2,3)14(18)15(21)20-10-8-19(9-11-20)13-6-4-12(17)5-7-13/h4-7,14H,8-11,18H2,1-3H3/t14-/m1/s1. The van der Waals surface area contributed by atoms with Gasteiger partial charge in [0, 0.05) is 31.9 Å². The molecule has 21 heavy (non-hydrogen) atoms. The monoisotopic (exact) mass is 293 g/mol. The van der Waals surface area contributed by atoms with Gasteiger partial charge in [0.25, 0.3) is 0 Å². The molecule has 0 aliphatic carbocycles. The summed E-state index contributed by atoms with van der Waals surface area (Å²) in [6.07, 6.45) is 0. The molecule has 0 aromatic heterocycles. The maximum Gasteiger partial charge on any atom is 0.240 e. The number of carbonyl (C=O) groups excluding carboxylic acids is 1. The smallest absolute Gasteiger partial charge is 0.240 e. The van der Waals surface area contributed by atoms with Crippen LogP contribution in [0.4, 0.5) is 10.1 Å². The van der Waals surface area contributed by atoms with E-state index in [2.05, 4.69) is 4.90 Å². The lowest BCUT2D eigenvalue weighted by atomic mass is 9.86. The van der Waals surface area contributed by atoms with Gasteiger partial charge in [-0.25, -0.2) is 4.39 Å². The highest BCUT2D eigenvalue weighted by Gasteiger charge is 2.32. The van der Waals surface area contributed by atoms with E-state index >= 15 is 0 Å². The Kier molecular flexibility index (Phi) is 4.52. The molecule has 1 amide bonds. The van der Waals surface area contributed by atoms with Crippen molar-refractivity contribution in [2.75, 3.05) is 31.1 Å². The number of hydrogen-bond donors (Lipinski definition) is 1. The van der Waals surface area contributed by atoms with Crippen LogP contribution >= 0.6 is 0 Å². The third-order valence-corrected chi connectivity index (χ3v) is 3.98. The van der Waals surface area contributed by atoms with Gasteiger partial charge < -0.3 is 15.5 Å². The Balaban J connectivity index is 1.94. The molecule has 0 bridgehead atoms. The molecule has 4 nitrogen and oxygen atoms in total. The highest BCUT2D eigenvalue weighted by atomic mass is 19.1. The summed E-state index contributed by atoms with van der Waals surface area (Å²) < 4.78 is 12.9. The number of amides is 1. The van der Waals surface area contributed by atoms with Crippen molar-refractivity contribution in [3.8, 4) is 0 Å². The summed E-state index contributed by atoms with van der Waals surface area (Å²) in [5, 5.41) is 0. The highest BCUT2D eigenvalue weighted by molar-refractivity contribution is 5.82. The lowest BCUT2D eigenvalue weighted by Crippen LogP contribution is -2.56. The van der Waals surface area contributed by atoms with Crippen molar-refractivity contribution >= 4 is 11.6 Å². The minimum absolute atomic E-state index is 0.0151. The molecule has 1 aromatic carbocycles. The van der Waals surface area contributed by atoms with Crippen LogP contribution in [-0.2, 0) is 4.79 Å². The number of hydrogen-bond acceptors (Lipinski definition) is 3. The summed E-state index contributed by atoms with van der Waals surface area (Å²) in [7, 11) is 0. The normalized spacial score (nSPS) is 17.8. The first-order valence-electron chi connectivity index (χ1n) is 7.34. The topological polar surface area (TPSA) is 49.6 Å². The molecule has 0 unspecified atom stereocenters. The van der Waals surface area contributed by atoms with Crippen LogP contribution < -0.4 is 10.6 Å². The second-order valence-corrected chi connectivity index (χ2v) is 6.63. The Hall–Kier alpha value is -1.62. The molecular formula is C16H24FN3O. The van der Waals surface area contributed by atoms with E-state index in [1.807, 2.05) is 25.7 Å². The van der Waals surface area contributed by atoms with Crippen LogP contribution in [0.2, 0.25) is 0 Å². The molecule has 1 saturated heterocycles. The van der Waals surface area contributed by atoms with E-state index in [9.17, 15) is 9.18 Å². The molecule has 1 aromatic rings. The fourth-order valence-corrected chi connectivity index (χ4v) is 2.40. The fraction of sp³-hybridized carbons (Fsp3) is 0.562. The van der Waals surface area contributed by atoms with Gasteiger partial charge in [-0.05, 0) is 29.7 Å². The average Bonchev–Trinajstić information content (AvgIpc) is 2.46. The van der Waals surface area contributed by atoms with E-state index in [0.717, 1.165) is 18.8 Å². The summed E-state index contributed by atoms with van der Waals surface area (Å²) >= 11 is 0. The van der Waals surface area contributed by atoms with Gasteiger partial charge in [-0.3, -0.25) is 4.79 Å². The van der Waals surface area contributed by atoms with Crippen LogP contribution in [0.15, 0.2) is 24.3 Å². The molecular weight excluding hydrogens is 269 g/mol. The number of benzene rings is 1. The number of carbonyl (C=O) groups is 1. The molecule has 0 radical (unpaired) electrons. The maximum absolute atomic E-state index is 12.9. The second-order valence-electron chi connectivity index (χ2n) is 6.63. The van der Waals surface area contributed by atoms with E-state index in [1.165, 1.54) is 12.1 Å². The van der Waals surface area contributed by atoms with Crippen molar-refractivity contribution in [1.29, 1.82) is 0 Å². The molecule has 2 N–H and O–H groups in total. The third kappa shape index (κ3) is 3.73. The molecule has 1 atom stereocenters. The number of piperazine rings is 1. The molecule has 5 heteroatoms. The third-order valence-electron chi connectivity index (χ3n) is 3.98. The Morgan fingerprint density at radius 1 is 1.14 bits per heavy atom. The SMILES string of the molecule is CC(C)(C)[C@H](N)C(=O)N1CCN(c2ccc(F)cc2)CC1. The van der Waals surface area contributed by atoms with Crippen LogP contribution in [0.5, 0.6) is 0 Å². The first-order valence-corrected chi connectivity index (χ1v) is 7.34. The predicted octanol–water partition coefficient (Wildman–Crippen LogP) is 1.85. The minimum atomic E-state index is -0.477. The fourth-order valence-electron chi connectivity index (χ4n) is 2.40. The molecule has 0 spiro atoms. The number of anilines is 1. The van der Waals surface area contributed by atoms with Crippen LogP contribution in [0, 0.1) is 11.2 Å². The molecule has 0 saturated carbocycles. The van der Waals surface area contributed by atoms with Crippen molar-refractivity contribution in [2.24, 2.45) is 11.1 Å². The predicted molar refractivity (Wildman–Crippen MR) is 82.6 cm³/mol. The first-order chi connectivity index (χ1) is 9.79. The van der Waals surface area contributed by atoms with Gasteiger partial charge in [-0.1, -0.05) is 20.8 Å². The number of nitrogens with zero attached hydrogens (tertiary/aromatic N) is 2. The Morgan fingerprint density at radius 2 is 1.67 bits per heavy atom. The van der Waals surface area contributed by atoms with Gasteiger partial charge in [0.15, 0.2) is 0 Å². The second kappa shape index (κ2) is 6.02. The van der Waals surface area contributed by atoms with E-state index in [0.29, 0.717) is 13.1 Å². The van der Waals surface area contributed by atoms with Crippen molar-refractivity contribution in [1.82, 2.24) is 4.90 Å². The molecule has 116 valence electrons. The molecule has 2 rings (SSSR count). The van der Waals surface area contributed by atoms with Crippen molar-refractivity contribution in [3.05, 3.63) is 30.1 Å². The summed E-state index contributed by atoms with van der Waals surface area (Å²) in [5.41, 5.74) is 6.80. The molecule has 1 aliphatic heterocycles. The first kappa shape index (κ1) is 15.8. The Labute approximate surface area is 125 Å². The lowest BCUT2D eigenvalue weighted by Gasteiger charge is -2.39. The van der Waals surface area contributed by atoms with Crippen molar-refractivity contribution < 1.29 is 9.18 Å². The maximum atomic E-state index is 12.9. The van der Waals surface area contributed by atoms with Gasteiger partial charge >= 0.3 is 0 Å². The summed E-state index contributed by atoms with van der Waals surface area (Å²) in [4.78, 5) is 16.4. The number of nitrogens with two attached hydrogens (primary N) is 1. The minimum Gasteiger partial charge on any atom is -0.368 e. The quantitative estimate of drug-likeness (QED) is 0.905. The van der Waals surface area contributed by atoms with Crippen molar-refractivity contribution in [2.45, 2.75) is 26.8 Å². The summed E-state index contributed by atoms with van der Waals surface area (Å²) in [6.45, 7) is 8.72. The van der Waals surface area contributed by atoms with Crippen LogP contribution in [0.1, 0.15) is 20.8 Å². The van der Waals surface area contributed by atoms with Gasteiger partial charge in [-0.15, -0.1) is 0 Å². The molecule has 1 heterocycles. The van der Waals surface area contributed by atoms with Gasteiger partial charge in [0.1, 0.15) is 5.82 Å². The van der Waals surface area contributed by atoms with Crippen LogP contribution in [-0.4, -0.2) is 43.0 Å². The molecule has 1 aliphatic rings. The lowest BCUT2D eigenvalue weighted by molar-refractivity contribution is -0.135. The van der Waals surface area contributed by atoms with Gasteiger partial charge in [-0.2, -0.15) is 0 Å². The zero-order valence-electron chi connectivity index (χ0n) is 13.0. The van der Waals surface area contributed by atoms with E-state index in [-0.39, 0.29) is 17.1 Å². The van der Waals surface area contributed by atoms with Gasteiger partial charge in [0.2, 0.25) is 5.91 Å². The zero-order chi connectivity index (χ0) is 15.6. The van der Waals surface area contributed by atoms with Crippen LogP contribution in [0.25, 0.3) is 0 Å². The highest BCUT2D eigenvalue weighted by Crippen LogP contribution is 2.21. The Bertz CT molecular complexity index is 487. The Morgan fingerprint density at radius 3 is 2.14 bits per heavy atom. The average molecular weight is 293 g/mol. The summed E-state index contributed by atoms with van der Waals surface area (Å²) in [5.74, 6) is -0.218. The number of halogens is 1.